The molecule has 7 nitrogen and oxygen atoms in total. The minimum absolute atomic E-state index is 0.0590. The van der Waals surface area contributed by atoms with Crippen LogP contribution >= 0.6 is 0 Å². The summed E-state index contributed by atoms with van der Waals surface area (Å²) in [6, 6.07) is 18.7. The summed E-state index contributed by atoms with van der Waals surface area (Å²) in [6.07, 6.45) is 6.42. The van der Waals surface area contributed by atoms with Gasteiger partial charge in [-0.3, -0.25) is 4.68 Å². The molecular weight excluding hydrogens is 422 g/mol. The summed E-state index contributed by atoms with van der Waals surface area (Å²) in [6.45, 7) is 1.46. The van der Waals surface area contributed by atoms with Crippen molar-refractivity contribution in [3.63, 3.8) is 0 Å². The first-order valence-electron chi connectivity index (χ1n) is 11.0. The van der Waals surface area contributed by atoms with Crippen LogP contribution in [0.5, 0.6) is 0 Å². The van der Waals surface area contributed by atoms with Crippen LogP contribution in [0, 0.1) is 0 Å². The lowest BCUT2D eigenvalue weighted by Gasteiger charge is -2.11. The molecule has 1 aliphatic rings. The molecule has 0 spiro atoms. The van der Waals surface area contributed by atoms with Crippen LogP contribution in [0.25, 0.3) is 11.0 Å². The van der Waals surface area contributed by atoms with E-state index in [2.05, 4.69) is 45.3 Å². The van der Waals surface area contributed by atoms with Crippen molar-refractivity contribution in [2.45, 2.75) is 38.4 Å². The molecule has 4 aromatic rings. The summed E-state index contributed by atoms with van der Waals surface area (Å²) in [5.74, 6) is 1.27. The molecule has 1 saturated heterocycles. The molecule has 0 unspecified atom stereocenters. The average Bonchev–Trinajstić information content (AvgIpc) is 3.50. The molecule has 0 saturated carbocycles. The van der Waals surface area contributed by atoms with Crippen LogP contribution in [-0.4, -0.2) is 39.3 Å². The fraction of sp³-hybridized carbons (Fsp3) is 0.333. The van der Waals surface area contributed by atoms with Gasteiger partial charge in [0, 0.05) is 24.8 Å². The Hall–Kier alpha value is -3.13. The van der Waals surface area contributed by atoms with E-state index in [1.165, 1.54) is 5.56 Å². The minimum atomic E-state index is -2.93. The van der Waals surface area contributed by atoms with Crippen molar-refractivity contribution in [2.75, 3.05) is 16.8 Å². The number of nitrogens with one attached hydrogen (secondary N) is 1. The summed E-state index contributed by atoms with van der Waals surface area (Å²) >= 11 is 0. The molecule has 2 aromatic heterocycles. The highest BCUT2D eigenvalue weighted by atomic mass is 32.2. The van der Waals surface area contributed by atoms with E-state index < -0.39 is 9.84 Å². The topological polar surface area (TPSA) is 81.8 Å². The third-order valence-electron chi connectivity index (χ3n) is 6.03. The maximum Gasteiger partial charge on any atom is 0.204 e. The molecule has 1 N–H and O–H groups in total. The van der Waals surface area contributed by atoms with Gasteiger partial charge in [-0.05, 0) is 37.0 Å². The molecule has 0 bridgehead atoms. The molecule has 1 fully saturated rings. The van der Waals surface area contributed by atoms with Gasteiger partial charge in [-0.25, -0.2) is 13.4 Å². The quantitative estimate of drug-likeness (QED) is 0.442. The first-order valence-corrected chi connectivity index (χ1v) is 12.9. The van der Waals surface area contributed by atoms with Gasteiger partial charge >= 0.3 is 0 Å². The summed E-state index contributed by atoms with van der Waals surface area (Å²) in [5.41, 5.74) is 4.45. The number of benzene rings is 2. The van der Waals surface area contributed by atoms with E-state index >= 15 is 0 Å². The van der Waals surface area contributed by atoms with Crippen LogP contribution in [0.1, 0.15) is 30.0 Å². The number of anilines is 1. The van der Waals surface area contributed by atoms with E-state index in [1.54, 1.807) is 10.9 Å². The number of hydrogen-bond acceptors (Lipinski definition) is 5. The second-order valence-corrected chi connectivity index (χ2v) is 10.6. The summed E-state index contributed by atoms with van der Waals surface area (Å²) in [4.78, 5) is 4.80. The molecule has 8 heteroatoms. The second-order valence-electron chi connectivity index (χ2n) is 8.40. The van der Waals surface area contributed by atoms with Crippen LogP contribution < -0.4 is 5.32 Å². The lowest BCUT2D eigenvalue weighted by molar-refractivity contribution is 0.499. The highest BCUT2D eigenvalue weighted by molar-refractivity contribution is 7.91. The van der Waals surface area contributed by atoms with Gasteiger partial charge in [-0.1, -0.05) is 42.5 Å². The van der Waals surface area contributed by atoms with E-state index in [4.69, 9.17) is 4.98 Å². The fourth-order valence-corrected chi connectivity index (χ4v) is 6.06. The molecule has 166 valence electrons. The molecule has 0 radical (unpaired) electrons. The monoisotopic (exact) mass is 449 g/mol. The number of nitrogens with zero attached hydrogens (tertiary/aromatic N) is 4. The average molecular weight is 450 g/mol. The molecule has 0 amide bonds. The Labute approximate surface area is 188 Å². The van der Waals surface area contributed by atoms with Crippen molar-refractivity contribution in [3.8, 4) is 0 Å². The van der Waals surface area contributed by atoms with E-state index in [1.807, 2.05) is 30.5 Å². The van der Waals surface area contributed by atoms with Crippen molar-refractivity contribution < 1.29 is 8.42 Å². The predicted molar refractivity (Wildman–Crippen MR) is 126 cm³/mol. The zero-order valence-corrected chi connectivity index (χ0v) is 18.7. The third-order valence-corrected chi connectivity index (χ3v) is 7.78. The number of sulfone groups is 1. The Kier molecular flexibility index (Phi) is 5.70. The van der Waals surface area contributed by atoms with Crippen molar-refractivity contribution in [3.05, 3.63) is 78.1 Å². The predicted octanol–water partition coefficient (Wildman–Crippen LogP) is 3.84. The molecule has 1 atom stereocenters. The normalized spacial score (nSPS) is 17.7. The first-order chi connectivity index (χ1) is 15.6. The van der Waals surface area contributed by atoms with Gasteiger partial charge in [-0.15, -0.1) is 0 Å². The molecular formula is C24H27N5O2S. The maximum atomic E-state index is 11.8. The van der Waals surface area contributed by atoms with Gasteiger partial charge in [0.05, 0.1) is 34.8 Å². The van der Waals surface area contributed by atoms with Crippen molar-refractivity contribution in [2.24, 2.45) is 0 Å². The standard InChI is InChI=1S/C24H27N5O2S/c30-32(31)14-12-21(18-32)29-17-20(16-26-29)15-25-24-27-22-10-4-5-11-23(22)28(24)13-6-9-19-7-2-1-3-8-19/h1-5,7-8,10-11,16-17,21H,6,9,12-15,18H2,(H,25,27)/t21-/m1/s1. The minimum Gasteiger partial charge on any atom is -0.351 e. The number of imidazole rings is 1. The zero-order chi connectivity index (χ0) is 22.0. The van der Waals surface area contributed by atoms with Crippen LogP contribution in [0.2, 0.25) is 0 Å². The smallest absolute Gasteiger partial charge is 0.204 e. The SMILES string of the molecule is O=S1(=O)CC[C@@H](n2cc(CNc3nc4ccccc4n3CCCc3ccccc3)cn2)C1. The Balaban J connectivity index is 1.28. The highest BCUT2D eigenvalue weighted by Gasteiger charge is 2.29. The Morgan fingerprint density at radius 3 is 2.66 bits per heavy atom. The largest absolute Gasteiger partial charge is 0.351 e. The van der Waals surface area contributed by atoms with E-state index in [9.17, 15) is 8.42 Å². The van der Waals surface area contributed by atoms with Gasteiger partial charge in [0.1, 0.15) is 0 Å². The second kappa shape index (κ2) is 8.78. The molecule has 32 heavy (non-hydrogen) atoms. The highest BCUT2D eigenvalue weighted by Crippen LogP contribution is 2.24. The van der Waals surface area contributed by atoms with Crippen LogP contribution in [-0.2, 0) is 29.3 Å². The van der Waals surface area contributed by atoms with Crippen LogP contribution in [0.4, 0.5) is 5.95 Å². The number of aromatic nitrogens is 4. The number of fused-ring (bicyclic) bond motifs is 1. The number of hydrogen-bond donors (Lipinski definition) is 1. The molecule has 0 aliphatic carbocycles. The van der Waals surface area contributed by atoms with Gasteiger partial charge in [-0.2, -0.15) is 5.10 Å². The third kappa shape index (κ3) is 4.55. The van der Waals surface area contributed by atoms with Gasteiger partial charge in [0.25, 0.3) is 0 Å². The van der Waals surface area contributed by atoms with Crippen molar-refractivity contribution in [1.29, 1.82) is 0 Å². The zero-order valence-electron chi connectivity index (χ0n) is 17.9. The summed E-state index contributed by atoms with van der Waals surface area (Å²) in [7, 11) is -2.93. The van der Waals surface area contributed by atoms with E-state index in [0.29, 0.717) is 13.0 Å². The maximum absolute atomic E-state index is 11.8. The Bertz CT molecular complexity index is 1310. The fourth-order valence-electron chi connectivity index (χ4n) is 4.36. The van der Waals surface area contributed by atoms with Crippen molar-refractivity contribution >= 4 is 26.8 Å². The van der Waals surface area contributed by atoms with Gasteiger partial charge < -0.3 is 9.88 Å². The number of aryl methyl sites for hydroxylation is 2. The number of rotatable bonds is 8. The van der Waals surface area contributed by atoms with E-state index in [-0.39, 0.29) is 17.5 Å². The first kappa shape index (κ1) is 20.8. The molecule has 3 heterocycles. The molecule has 5 rings (SSSR count). The van der Waals surface area contributed by atoms with Gasteiger partial charge in [0.2, 0.25) is 5.95 Å². The summed E-state index contributed by atoms with van der Waals surface area (Å²) in [5, 5.41) is 7.88. The Morgan fingerprint density at radius 2 is 1.84 bits per heavy atom. The van der Waals surface area contributed by atoms with Crippen LogP contribution in [0.15, 0.2) is 67.0 Å². The number of para-hydroxylation sites is 2. The summed E-state index contributed by atoms with van der Waals surface area (Å²) < 4.78 is 27.6. The molecule has 1 aliphatic heterocycles. The Morgan fingerprint density at radius 1 is 1.03 bits per heavy atom. The van der Waals surface area contributed by atoms with Crippen LogP contribution in [0.3, 0.4) is 0 Å². The lowest BCUT2D eigenvalue weighted by Crippen LogP contribution is -2.11. The van der Waals surface area contributed by atoms with E-state index in [0.717, 1.165) is 41.9 Å². The van der Waals surface area contributed by atoms with Crippen molar-refractivity contribution in [1.82, 2.24) is 19.3 Å². The lowest BCUT2D eigenvalue weighted by atomic mass is 10.1. The molecule has 2 aromatic carbocycles. The van der Waals surface area contributed by atoms with Gasteiger partial charge in [0.15, 0.2) is 9.84 Å².